The molecule has 24 heavy (non-hydrogen) atoms. The van der Waals surface area contributed by atoms with E-state index >= 15 is 0 Å². The number of nitrogens with zero attached hydrogens (tertiary/aromatic N) is 1. The van der Waals surface area contributed by atoms with E-state index in [1.54, 1.807) is 11.1 Å². The molecule has 2 N–H and O–H groups in total. The van der Waals surface area contributed by atoms with Crippen LogP contribution >= 0.6 is 0 Å². The molecule has 4 rings (SSSR count). The molecule has 0 aromatic heterocycles. The fraction of sp³-hybridized carbons (Fsp3) is 0.455. The maximum atomic E-state index is 5.92. The molecule has 2 heteroatoms. The molecule has 1 aliphatic carbocycles. The zero-order chi connectivity index (χ0) is 16.4. The molecule has 0 radical (unpaired) electrons. The van der Waals surface area contributed by atoms with Crippen LogP contribution in [-0.4, -0.2) is 24.5 Å². The minimum absolute atomic E-state index is 0.628. The molecule has 2 aliphatic rings. The number of likely N-dealkylation sites (tertiary alicyclic amines) is 1. The van der Waals surface area contributed by atoms with Crippen LogP contribution in [0.2, 0.25) is 0 Å². The molecule has 0 amide bonds. The van der Waals surface area contributed by atoms with E-state index in [4.69, 9.17) is 5.73 Å². The Morgan fingerprint density at radius 3 is 2.54 bits per heavy atom. The number of hydrogen-bond acceptors (Lipinski definition) is 2. The van der Waals surface area contributed by atoms with Crippen molar-refractivity contribution in [3.63, 3.8) is 0 Å². The number of rotatable bonds is 5. The summed E-state index contributed by atoms with van der Waals surface area (Å²) >= 11 is 0. The van der Waals surface area contributed by atoms with Crippen molar-refractivity contribution in [2.75, 3.05) is 19.6 Å². The molecule has 2 unspecified atom stereocenters. The smallest absolute Gasteiger partial charge is 0.0178 e. The number of fused-ring (bicyclic) bond motifs is 1. The van der Waals surface area contributed by atoms with E-state index in [-0.39, 0.29) is 0 Å². The Kier molecular flexibility index (Phi) is 4.68. The fourth-order valence-electron chi connectivity index (χ4n) is 4.40. The Morgan fingerprint density at radius 2 is 1.83 bits per heavy atom. The first-order valence-electron chi connectivity index (χ1n) is 9.41. The van der Waals surface area contributed by atoms with Gasteiger partial charge in [-0.2, -0.15) is 0 Å². The van der Waals surface area contributed by atoms with Crippen LogP contribution in [0.4, 0.5) is 0 Å². The maximum Gasteiger partial charge on any atom is 0.0178 e. The molecule has 1 aliphatic heterocycles. The average Bonchev–Trinajstić information content (AvgIpc) is 2.60. The van der Waals surface area contributed by atoms with Crippen LogP contribution in [0.3, 0.4) is 0 Å². The van der Waals surface area contributed by atoms with Crippen LogP contribution < -0.4 is 5.73 Å². The lowest BCUT2D eigenvalue weighted by Crippen LogP contribution is -2.43. The van der Waals surface area contributed by atoms with Crippen LogP contribution in [0.1, 0.15) is 41.0 Å². The topological polar surface area (TPSA) is 29.3 Å². The average molecular weight is 320 g/mol. The van der Waals surface area contributed by atoms with Crippen LogP contribution in [0, 0.1) is 5.92 Å². The van der Waals surface area contributed by atoms with E-state index in [1.165, 1.54) is 50.0 Å². The summed E-state index contributed by atoms with van der Waals surface area (Å²) in [5.41, 5.74) is 11.8. The number of hydrogen-bond donors (Lipinski definition) is 1. The lowest BCUT2D eigenvalue weighted by molar-refractivity contribution is 0.134. The Morgan fingerprint density at radius 1 is 1.00 bits per heavy atom. The van der Waals surface area contributed by atoms with Crippen molar-refractivity contribution in [3.05, 3.63) is 70.8 Å². The quantitative estimate of drug-likeness (QED) is 0.909. The molecular weight excluding hydrogens is 292 g/mol. The van der Waals surface area contributed by atoms with Crippen LogP contribution in [0.15, 0.2) is 48.5 Å². The first-order chi connectivity index (χ1) is 11.8. The second kappa shape index (κ2) is 7.08. The van der Waals surface area contributed by atoms with Gasteiger partial charge in [0.05, 0.1) is 0 Å². The highest BCUT2D eigenvalue weighted by Gasteiger charge is 2.32. The fourth-order valence-corrected chi connectivity index (χ4v) is 4.40. The normalized spacial score (nSPS) is 23.5. The van der Waals surface area contributed by atoms with Crippen LogP contribution in [0.5, 0.6) is 0 Å². The third-order valence-corrected chi connectivity index (χ3v) is 5.94. The van der Waals surface area contributed by atoms with E-state index < -0.39 is 0 Å². The molecule has 0 bridgehead atoms. The van der Waals surface area contributed by atoms with Gasteiger partial charge < -0.3 is 10.6 Å². The number of nitrogens with two attached hydrogens (primary N) is 1. The Hall–Kier alpha value is -1.64. The van der Waals surface area contributed by atoms with Gasteiger partial charge in [-0.15, -0.1) is 0 Å². The molecule has 2 aromatic carbocycles. The minimum Gasteiger partial charge on any atom is -0.326 e. The molecule has 0 saturated carbocycles. The first kappa shape index (κ1) is 15.9. The third-order valence-electron chi connectivity index (χ3n) is 5.94. The number of benzene rings is 2. The van der Waals surface area contributed by atoms with Crippen molar-refractivity contribution in [2.24, 2.45) is 11.7 Å². The van der Waals surface area contributed by atoms with Gasteiger partial charge in [0.2, 0.25) is 0 Å². The summed E-state index contributed by atoms with van der Waals surface area (Å²) in [6, 6.07) is 17.9. The van der Waals surface area contributed by atoms with Gasteiger partial charge in [0.25, 0.3) is 0 Å². The zero-order valence-electron chi connectivity index (χ0n) is 14.5. The highest BCUT2D eigenvalue weighted by molar-refractivity contribution is 5.38. The van der Waals surface area contributed by atoms with Gasteiger partial charge in [-0.25, -0.2) is 0 Å². The second-order valence-electron chi connectivity index (χ2n) is 7.49. The van der Waals surface area contributed by atoms with E-state index in [0.717, 1.165) is 12.3 Å². The number of aryl methyl sites for hydroxylation is 1. The van der Waals surface area contributed by atoms with E-state index in [2.05, 4.69) is 53.4 Å². The zero-order valence-corrected chi connectivity index (χ0v) is 14.5. The standard InChI is InChI=1S/C22H28N2/c23-15-18-7-8-19-9-10-20(16-24-11-4-12-24)22(21(19)14-18)13-17-5-2-1-3-6-17/h1-3,5-8,14,20,22H,4,9-13,15-16,23H2. The van der Waals surface area contributed by atoms with Crippen molar-refractivity contribution in [1.29, 1.82) is 0 Å². The molecule has 1 saturated heterocycles. The lowest BCUT2D eigenvalue weighted by atomic mass is 9.71. The van der Waals surface area contributed by atoms with Crippen molar-refractivity contribution < 1.29 is 0 Å². The van der Waals surface area contributed by atoms with Crippen LogP contribution in [-0.2, 0) is 19.4 Å². The van der Waals surface area contributed by atoms with Gasteiger partial charge in [-0.3, -0.25) is 0 Å². The van der Waals surface area contributed by atoms with Crippen molar-refractivity contribution in [3.8, 4) is 0 Å². The summed E-state index contributed by atoms with van der Waals surface area (Å²) in [6.07, 6.45) is 5.08. The summed E-state index contributed by atoms with van der Waals surface area (Å²) < 4.78 is 0. The molecule has 2 atom stereocenters. The summed E-state index contributed by atoms with van der Waals surface area (Å²) in [5.74, 6) is 1.40. The van der Waals surface area contributed by atoms with Gasteiger partial charge in [0, 0.05) is 13.1 Å². The Labute approximate surface area is 145 Å². The van der Waals surface area contributed by atoms with E-state index in [1.807, 2.05) is 0 Å². The Bertz CT molecular complexity index is 676. The molecular formula is C22H28N2. The van der Waals surface area contributed by atoms with Crippen molar-refractivity contribution in [1.82, 2.24) is 4.90 Å². The summed E-state index contributed by atoms with van der Waals surface area (Å²) in [5, 5.41) is 0. The van der Waals surface area contributed by atoms with E-state index in [0.29, 0.717) is 12.5 Å². The minimum atomic E-state index is 0.628. The highest BCUT2D eigenvalue weighted by Crippen LogP contribution is 2.40. The van der Waals surface area contributed by atoms with Gasteiger partial charge in [-0.05, 0) is 72.9 Å². The van der Waals surface area contributed by atoms with Gasteiger partial charge >= 0.3 is 0 Å². The SMILES string of the molecule is NCc1ccc2c(c1)C(Cc1ccccc1)C(CN1CCC1)CC2. The first-order valence-corrected chi connectivity index (χ1v) is 9.41. The Balaban J connectivity index is 1.64. The van der Waals surface area contributed by atoms with Crippen molar-refractivity contribution in [2.45, 2.75) is 38.1 Å². The predicted molar refractivity (Wildman–Crippen MR) is 100 cm³/mol. The monoisotopic (exact) mass is 320 g/mol. The summed E-state index contributed by atoms with van der Waals surface area (Å²) in [4.78, 5) is 2.64. The summed E-state index contributed by atoms with van der Waals surface area (Å²) in [7, 11) is 0. The van der Waals surface area contributed by atoms with E-state index in [9.17, 15) is 0 Å². The molecule has 2 aromatic rings. The summed E-state index contributed by atoms with van der Waals surface area (Å²) in [6.45, 7) is 4.50. The molecule has 2 nitrogen and oxygen atoms in total. The second-order valence-corrected chi connectivity index (χ2v) is 7.49. The maximum absolute atomic E-state index is 5.92. The van der Waals surface area contributed by atoms with Gasteiger partial charge in [0.15, 0.2) is 0 Å². The molecule has 1 heterocycles. The highest BCUT2D eigenvalue weighted by atomic mass is 15.2. The van der Waals surface area contributed by atoms with Gasteiger partial charge in [-0.1, -0.05) is 48.5 Å². The molecule has 1 fully saturated rings. The van der Waals surface area contributed by atoms with Gasteiger partial charge in [0.1, 0.15) is 0 Å². The molecule has 126 valence electrons. The van der Waals surface area contributed by atoms with Crippen molar-refractivity contribution >= 4 is 0 Å². The predicted octanol–water partition coefficient (Wildman–Crippen LogP) is 3.74. The molecule has 0 spiro atoms. The largest absolute Gasteiger partial charge is 0.326 e. The lowest BCUT2D eigenvalue weighted by Gasteiger charge is -2.40. The van der Waals surface area contributed by atoms with Crippen LogP contribution in [0.25, 0.3) is 0 Å². The third kappa shape index (κ3) is 3.26.